The van der Waals surface area contributed by atoms with E-state index in [2.05, 4.69) is 10.3 Å². The molecule has 1 amide bonds. The monoisotopic (exact) mass is 407 g/mol. The summed E-state index contributed by atoms with van der Waals surface area (Å²) in [7, 11) is 0. The predicted octanol–water partition coefficient (Wildman–Crippen LogP) is 4.56. The summed E-state index contributed by atoms with van der Waals surface area (Å²) < 4.78 is 1.90. The average Bonchev–Trinajstić information content (AvgIpc) is 3.24. The van der Waals surface area contributed by atoms with Crippen LogP contribution in [-0.2, 0) is 17.9 Å². The van der Waals surface area contributed by atoms with E-state index in [4.69, 9.17) is 12.2 Å². The molecule has 7 heteroatoms. The maximum absolute atomic E-state index is 12.3. The fourth-order valence-corrected chi connectivity index (χ4v) is 4.20. The zero-order valence-corrected chi connectivity index (χ0v) is 16.5. The predicted molar refractivity (Wildman–Crippen MR) is 116 cm³/mol. The van der Waals surface area contributed by atoms with Gasteiger partial charge in [-0.25, -0.2) is 0 Å². The standard InChI is InChI=1S/C21H17N3O2S2/c25-19(23-11-14-6-2-1-3-7-14)13-24-20(26)18(28-21(24)27)10-15-12-22-17-9-5-4-8-16(15)17/h1-10,12,26H,11,13H2,(H,23,25)/b15-10-. The number of carbonyl (C=O) groups is 1. The fraction of sp³-hybridized carbons (Fsp3) is 0.0952. The molecular weight excluding hydrogens is 390 g/mol. The van der Waals surface area contributed by atoms with Crippen LogP contribution in [0.1, 0.15) is 16.0 Å². The van der Waals surface area contributed by atoms with Gasteiger partial charge in [-0.3, -0.25) is 14.4 Å². The first-order chi connectivity index (χ1) is 13.6. The number of hydrogen-bond acceptors (Lipinski definition) is 5. The van der Waals surface area contributed by atoms with E-state index in [0.29, 0.717) is 15.4 Å². The number of aromatic nitrogens is 1. The van der Waals surface area contributed by atoms with Crippen LogP contribution in [0.3, 0.4) is 0 Å². The second-order valence-electron chi connectivity index (χ2n) is 6.28. The Morgan fingerprint density at radius 3 is 2.75 bits per heavy atom. The third kappa shape index (κ3) is 3.81. The number of benzene rings is 2. The van der Waals surface area contributed by atoms with E-state index in [1.54, 1.807) is 6.21 Å². The van der Waals surface area contributed by atoms with Gasteiger partial charge in [0.15, 0.2) is 3.95 Å². The number of hydrogen-bond donors (Lipinski definition) is 2. The Kier molecular flexibility index (Phi) is 5.18. The lowest BCUT2D eigenvalue weighted by molar-refractivity contribution is -0.121. The minimum atomic E-state index is -0.208. The van der Waals surface area contributed by atoms with Crippen molar-refractivity contribution < 1.29 is 9.90 Å². The zero-order valence-electron chi connectivity index (χ0n) is 14.8. The molecule has 28 heavy (non-hydrogen) atoms. The molecule has 2 N–H and O–H groups in total. The number of fused-ring (bicyclic) bond motifs is 1. The molecular formula is C21H17N3O2S2. The van der Waals surface area contributed by atoms with Crippen LogP contribution in [-0.4, -0.2) is 21.8 Å². The molecule has 0 unspecified atom stereocenters. The number of rotatable bonds is 5. The van der Waals surface area contributed by atoms with Crippen molar-refractivity contribution in [3.63, 3.8) is 0 Å². The van der Waals surface area contributed by atoms with Crippen LogP contribution in [0, 0.1) is 3.95 Å². The lowest BCUT2D eigenvalue weighted by Crippen LogP contribution is -2.26. The Labute approximate surface area is 171 Å². The highest BCUT2D eigenvalue weighted by molar-refractivity contribution is 7.73. The molecule has 1 aliphatic heterocycles. The molecule has 0 aliphatic carbocycles. The van der Waals surface area contributed by atoms with Gasteiger partial charge in [0.1, 0.15) is 6.54 Å². The Morgan fingerprint density at radius 2 is 1.93 bits per heavy atom. The van der Waals surface area contributed by atoms with Crippen LogP contribution in [0.15, 0.2) is 59.6 Å². The quantitative estimate of drug-likeness (QED) is 0.610. The van der Waals surface area contributed by atoms with Crippen LogP contribution in [0.25, 0.3) is 11.6 Å². The van der Waals surface area contributed by atoms with Gasteiger partial charge in [-0.1, -0.05) is 48.5 Å². The number of para-hydroxylation sites is 1. The molecule has 2 heterocycles. The molecule has 0 fully saturated rings. The first-order valence-corrected chi connectivity index (χ1v) is 9.92. The highest BCUT2D eigenvalue weighted by atomic mass is 32.1. The van der Waals surface area contributed by atoms with Crippen molar-refractivity contribution in [1.82, 2.24) is 9.88 Å². The van der Waals surface area contributed by atoms with Gasteiger partial charge in [-0.15, -0.1) is 11.3 Å². The molecule has 4 rings (SSSR count). The normalized spacial score (nSPS) is 13.6. The van der Waals surface area contributed by atoms with Gasteiger partial charge in [0, 0.05) is 23.9 Å². The highest BCUT2D eigenvalue weighted by Crippen LogP contribution is 2.35. The summed E-state index contributed by atoms with van der Waals surface area (Å²) in [5, 5.41) is 13.4. The molecule has 0 radical (unpaired) electrons. The van der Waals surface area contributed by atoms with Crippen molar-refractivity contribution in [1.29, 1.82) is 0 Å². The van der Waals surface area contributed by atoms with Crippen molar-refractivity contribution >= 4 is 53.0 Å². The maximum Gasteiger partial charge on any atom is 0.240 e. The number of amides is 1. The molecule has 2 aromatic carbocycles. The minimum absolute atomic E-state index is 0.00450. The summed E-state index contributed by atoms with van der Waals surface area (Å²) in [5.74, 6) is -0.213. The minimum Gasteiger partial charge on any atom is -0.493 e. The number of nitrogens with one attached hydrogen (secondary N) is 1. The van der Waals surface area contributed by atoms with Crippen molar-refractivity contribution in [2.75, 3.05) is 0 Å². The largest absolute Gasteiger partial charge is 0.493 e. The smallest absolute Gasteiger partial charge is 0.240 e. The lowest BCUT2D eigenvalue weighted by atomic mass is 10.1. The molecule has 0 saturated carbocycles. The van der Waals surface area contributed by atoms with Gasteiger partial charge in [-0.2, -0.15) is 0 Å². The van der Waals surface area contributed by atoms with Gasteiger partial charge < -0.3 is 10.4 Å². The lowest BCUT2D eigenvalue weighted by Gasteiger charge is -2.07. The Hall–Kier alpha value is -3.03. The van der Waals surface area contributed by atoms with Gasteiger partial charge in [-0.05, 0) is 29.9 Å². The van der Waals surface area contributed by atoms with Gasteiger partial charge in [0.05, 0.1) is 10.6 Å². The van der Waals surface area contributed by atoms with E-state index < -0.39 is 0 Å². The molecule has 0 bridgehead atoms. The van der Waals surface area contributed by atoms with Crippen LogP contribution in [0.2, 0.25) is 0 Å². The summed E-state index contributed by atoms with van der Waals surface area (Å²) in [5.41, 5.74) is 3.83. The fourth-order valence-electron chi connectivity index (χ4n) is 2.94. The first kappa shape index (κ1) is 18.3. The van der Waals surface area contributed by atoms with Crippen LogP contribution < -0.4 is 5.32 Å². The van der Waals surface area contributed by atoms with Crippen molar-refractivity contribution in [3.05, 3.63) is 74.6 Å². The van der Waals surface area contributed by atoms with Gasteiger partial charge in [0.2, 0.25) is 11.8 Å². The van der Waals surface area contributed by atoms with Crippen molar-refractivity contribution in [2.45, 2.75) is 13.1 Å². The second kappa shape index (κ2) is 7.92. The van der Waals surface area contributed by atoms with Gasteiger partial charge >= 0.3 is 0 Å². The van der Waals surface area contributed by atoms with Gasteiger partial charge in [0.25, 0.3) is 0 Å². The molecule has 140 valence electrons. The summed E-state index contributed by atoms with van der Waals surface area (Å²) >= 11 is 6.62. The molecule has 3 aromatic rings. The molecule has 1 aromatic heterocycles. The SMILES string of the molecule is O=C(Cn1c(O)c(/C=C2/C=Nc3ccccc32)sc1=S)NCc1ccccc1. The number of nitrogens with zero attached hydrogens (tertiary/aromatic N) is 2. The van der Waals surface area contributed by atoms with E-state index in [1.807, 2.05) is 60.7 Å². The van der Waals surface area contributed by atoms with E-state index in [9.17, 15) is 9.90 Å². The first-order valence-electron chi connectivity index (χ1n) is 8.70. The molecule has 0 atom stereocenters. The molecule has 0 saturated heterocycles. The molecule has 0 spiro atoms. The Bertz CT molecular complexity index is 1140. The van der Waals surface area contributed by atoms with Crippen LogP contribution in [0.4, 0.5) is 5.69 Å². The molecule has 5 nitrogen and oxygen atoms in total. The van der Waals surface area contributed by atoms with Crippen molar-refractivity contribution in [2.24, 2.45) is 4.99 Å². The highest BCUT2D eigenvalue weighted by Gasteiger charge is 2.16. The van der Waals surface area contributed by atoms with Crippen LogP contribution in [0.5, 0.6) is 5.88 Å². The second-order valence-corrected chi connectivity index (χ2v) is 7.96. The third-order valence-electron chi connectivity index (χ3n) is 4.37. The summed E-state index contributed by atoms with van der Waals surface area (Å²) in [6.45, 7) is 0.407. The van der Waals surface area contributed by atoms with Crippen molar-refractivity contribution in [3.8, 4) is 5.88 Å². The summed E-state index contributed by atoms with van der Waals surface area (Å²) in [6, 6.07) is 17.5. The maximum atomic E-state index is 12.3. The number of aliphatic imine (C=N–C) groups is 1. The van der Waals surface area contributed by atoms with Crippen LogP contribution >= 0.6 is 23.6 Å². The van der Waals surface area contributed by atoms with E-state index in [0.717, 1.165) is 22.4 Å². The summed E-state index contributed by atoms with van der Waals surface area (Å²) in [6.07, 6.45) is 3.62. The average molecular weight is 408 g/mol. The summed E-state index contributed by atoms with van der Waals surface area (Å²) in [4.78, 5) is 17.3. The molecule has 1 aliphatic rings. The topological polar surface area (TPSA) is 66.6 Å². The number of allylic oxidation sites excluding steroid dienone is 1. The number of aromatic hydroxyl groups is 1. The third-order valence-corrected chi connectivity index (χ3v) is 5.76. The Morgan fingerprint density at radius 1 is 1.18 bits per heavy atom. The zero-order chi connectivity index (χ0) is 19.5. The van der Waals surface area contributed by atoms with E-state index in [-0.39, 0.29) is 18.3 Å². The number of carbonyl (C=O) groups excluding carboxylic acids is 1. The van der Waals surface area contributed by atoms with E-state index in [1.165, 1.54) is 15.9 Å². The van der Waals surface area contributed by atoms with E-state index >= 15 is 0 Å². The number of thiazole rings is 1. The Balaban J connectivity index is 1.51.